The first kappa shape index (κ1) is 17.3. The number of fused-ring (bicyclic) bond motifs is 1. The monoisotopic (exact) mass is 324 g/mol. The van der Waals surface area contributed by atoms with Gasteiger partial charge in [-0.15, -0.1) is 0 Å². The van der Waals surface area contributed by atoms with Crippen LogP contribution in [0, 0.1) is 11.1 Å². The number of hydroxylamine groups is 2. The van der Waals surface area contributed by atoms with Crippen LogP contribution in [0.3, 0.4) is 0 Å². The molecule has 0 aromatic heterocycles. The Morgan fingerprint density at radius 2 is 1.87 bits per heavy atom. The number of ketones is 1. The van der Waals surface area contributed by atoms with E-state index in [-0.39, 0.29) is 16.9 Å². The van der Waals surface area contributed by atoms with E-state index in [1.165, 1.54) is 25.7 Å². The van der Waals surface area contributed by atoms with Gasteiger partial charge in [-0.1, -0.05) is 19.3 Å². The SMILES string of the molecule is CC1N(C)C2CCCCC2N1CC(=O)C1CCCC(N([O-])O)C1. The summed E-state index contributed by atoms with van der Waals surface area (Å²) in [4.78, 5) is 17.6. The molecule has 3 aliphatic rings. The lowest BCUT2D eigenvalue weighted by molar-refractivity contribution is -0.130. The fourth-order valence-corrected chi connectivity index (χ4v) is 4.96. The Kier molecular flexibility index (Phi) is 5.38. The Bertz CT molecular complexity index is 431. The topological polar surface area (TPSA) is 70.1 Å². The number of carbonyl (C=O) groups excluding carboxylic acids is 1. The first-order chi connectivity index (χ1) is 11.0. The summed E-state index contributed by atoms with van der Waals surface area (Å²) in [5.41, 5.74) is 0. The van der Waals surface area contributed by atoms with E-state index < -0.39 is 6.04 Å². The molecule has 1 N–H and O–H groups in total. The van der Waals surface area contributed by atoms with Gasteiger partial charge >= 0.3 is 0 Å². The number of carbonyl (C=O) groups is 1. The van der Waals surface area contributed by atoms with Crippen LogP contribution in [0.5, 0.6) is 0 Å². The zero-order valence-electron chi connectivity index (χ0n) is 14.4. The van der Waals surface area contributed by atoms with E-state index in [0.29, 0.717) is 37.6 Å². The van der Waals surface area contributed by atoms with Gasteiger partial charge in [0.2, 0.25) is 0 Å². The van der Waals surface area contributed by atoms with E-state index in [2.05, 4.69) is 23.8 Å². The second-order valence-corrected chi connectivity index (χ2v) is 7.68. The molecule has 0 radical (unpaired) electrons. The third-order valence-electron chi connectivity index (χ3n) is 6.47. The van der Waals surface area contributed by atoms with Crippen molar-refractivity contribution in [2.45, 2.75) is 82.6 Å². The van der Waals surface area contributed by atoms with E-state index >= 15 is 0 Å². The molecule has 0 bridgehead atoms. The van der Waals surface area contributed by atoms with Crippen LogP contribution in [0.25, 0.3) is 0 Å². The van der Waals surface area contributed by atoms with Gasteiger partial charge in [-0.25, -0.2) is 0 Å². The summed E-state index contributed by atoms with van der Waals surface area (Å²) in [5.74, 6) is 0.181. The molecular formula is C17H30N3O3-. The van der Waals surface area contributed by atoms with E-state index in [9.17, 15) is 10.0 Å². The summed E-state index contributed by atoms with van der Waals surface area (Å²) in [6, 6.07) is 0.681. The Hall–Kier alpha value is -0.530. The summed E-state index contributed by atoms with van der Waals surface area (Å²) in [7, 11) is 2.18. The van der Waals surface area contributed by atoms with Crippen LogP contribution in [0.1, 0.15) is 58.3 Å². The molecule has 0 spiro atoms. The molecule has 6 nitrogen and oxygen atoms in total. The lowest BCUT2D eigenvalue weighted by Crippen LogP contribution is -2.45. The van der Waals surface area contributed by atoms with Crippen LogP contribution in [0.4, 0.5) is 0 Å². The van der Waals surface area contributed by atoms with Crippen molar-refractivity contribution in [2.75, 3.05) is 13.6 Å². The standard InChI is InChI=1S/C17H30N3O3/c1-12-18(2)15-8-3-4-9-16(15)19(12)11-17(21)13-6-5-7-14(10-13)20(22)23/h12-16,22H,3-11H2,1-2H3/q-1. The van der Waals surface area contributed by atoms with Crippen molar-refractivity contribution in [3.63, 3.8) is 0 Å². The number of Topliss-reactive ketones (excluding diaryl/α,β-unsaturated/α-hetero) is 1. The average Bonchev–Trinajstić information content (AvgIpc) is 2.80. The van der Waals surface area contributed by atoms with E-state index in [0.717, 1.165) is 12.8 Å². The van der Waals surface area contributed by atoms with Crippen molar-refractivity contribution >= 4 is 5.78 Å². The molecule has 1 saturated heterocycles. The third kappa shape index (κ3) is 3.46. The Morgan fingerprint density at radius 1 is 1.17 bits per heavy atom. The maximum Gasteiger partial charge on any atom is 0.150 e. The van der Waals surface area contributed by atoms with Gasteiger partial charge in [0.15, 0.2) is 0 Å². The predicted molar refractivity (Wildman–Crippen MR) is 87.7 cm³/mol. The van der Waals surface area contributed by atoms with Crippen LogP contribution in [-0.2, 0) is 4.79 Å². The highest BCUT2D eigenvalue weighted by atomic mass is 16.8. The number of likely N-dealkylation sites (N-methyl/N-ethyl adjacent to an activating group) is 1. The molecule has 6 heteroatoms. The molecule has 2 aliphatic carbocycles. The number of hydrogen-bond donors (Lipinski definition) is 1. The minimum atomic E-state index is -0.404. The lowest BCUT2D eigenvalue weighted by atomic mass is 9.83. The van der Waals surface area contributed by atoms with E-state index in [1.807, 2.05) is 0 Å². The van der Waals surface area contributed by atoms with E-state index in [4.69, 9.17) is 5.21 Å². The van der Waals surface area contributed by atoms with Crippen LogP contribution >= 0.6 is 0 Å². The number of hydrogen-bond acceptors (Lipinski definition) is 6. The fourth-order valence-electron chi connectivity index (χ4n) is 4.96. The molecule has 5 atom stereocenters. The van der Waals surface area contributed by atoms with Gasteiger partial charge in [0.05, 0.1) is 12.7 Å². The molecule has 0 aromatic rings. The first-order valence-electron chi connectivity index (χ1n) is 9.14. The molecule has 2 saturated carbocycles. The van der Waals surface area contributed by atoms with Gasteiger partial charge in [0, 0.05) is 24.0 Å². The van der Waals surface area contributed by atoms with Crippen LogP contribution < -0.4 is 0 Å². The van der Waals surface area contributed by atoms with Gasteiger partial charge in [0.25, 0.3) is 0 Å². The molecular weight excluding hydrogens is 294 g/mol. The molecule has 1 heterocycles. The maximum atomic E-state index is 12.8. The number of nitrogens with zero attached hydrogens (tertiary/aromatic N) is 3. The van der Waals surface area contributed by atoms with Gasteiger partial charge in [-0.2, -0.15) is 0 Å². The Labute approximate surface area is 138 Å². The van der Waals surface area contributed by atoms with Crippen LogP contribution in [0.15, 0.2) is 0 Å². The molecule has 3 rings (SSSR count). The highest BCUT2D eigenvalue weighted by Crippen LogP contribution is 2.36. The van der Waals surface area contributed by atoms with E-state index in [1.54, 1.807) is 0 Å². The maximum absolute atomic E-state index is 12.8. The largest absolute Gasteiger partial charge is 0.762 e. The molecule has 0 amide bonds. The zero-order chi connectivity index (χ0) is 16.6. The van der Waals surface area contributed by atoms with Gasteiger partial charge in [-0.05, 0) is 46.1 Å². The van der Waals surface area contributed by atoms with Crippen molar-refractivity contribution in [1.82, 2.24) is 15.0 Å². The minimum absolute atomic E-state index is 0.0584. The van der Waals surface area contributed by atoms with Crippen molar-refractivity contribution in [2.24, 2.45) is 5.92 Å². The summed E-state index contributed by atoms with van der Waals surface area (Å²) >= 11 is 0. The highest BCUT2D eigenvalue weighted by molar-refractivity contribution is 5.83. The van der Waals surface area contributed by atoms with Crippen molar-refractivity contribution in [1.29, 1.82) is 0 Å². The average molecular weight is 324 g/mol. The molecule has 3 fully saturated rings. The molecule has 23 heavy (non-hydrogen) atoms. The normalized spacial score (nSPS) is 39.6. The van der Waals surface area contributed by atoms with Crippen LogP contribution in [-0.4, -0.2) is 63.9 Å². The molecule has 5 unspecified atom stereocenters. The van der Waals surface area contributed by atoms with Gasteiger partial charge < -0.3 is 10.4 Å². The molecule has 0 aromatic carbocycles. The summed E-state index contributed by atoms with van der Waals surface area (Å²) in [6.45, 7) is 2.69. The summed E-state index contributed by atoms with van der Waals surface area (Å²) in [6.07, 6.45) is 8.18. The van der Waals surface area contributed by atoms with Gasteiger partial charge in [-0.3, -0.25) is 19.8 Å². The van der Waals surface area contributed by atoms with Crippen LogP contribution in [0.2, 0.25) is 0 Å². The van der Waals surface area contributed by atoms with Crippen molar-refractivity contribution in [3.05, 3.63) is 5.21 Å². The molecule has 1 aliphatic heterocycles. The van der Waals surface area contributed by atoms with Crippen molar-refractivity contribution < 1.29 is 10.0 Å². The molecule has 132 valence electrons. The second kappa shape index (κ2) is 7.15. The minimum Gasteiger partial charge on any atom is -0.762 e. The third-order valence-corrected chi connectivity index (χ3v) is 6.47. The first-order valence-corrected chi connectivity index (χ1v) is 9.14. The quantitative estimate of drug-likeness (QED) is 0.800. The van der Waals surface area contributed by atoms with Crippen molar-refractivity contribution in [3.8, 4) is 0 Å². The second-order valence-electron chi connectivity index (χ2n) is 7.68. The summed E-state index contributed by atoms with van der Waals surface area (Å²) in [5, 5.41) is 20.3. The fraction of sp³-hybridized carbons (Fsp3) is 0.941. The lowest BCUT2D eigenvalue weighted by Gasteiger charge is -2.37. The van der Waals surface area contributed by atoms with Gasteiger partial charge in [0.1, 0.15) is 5.78 Å². The Balaban J connectivity index is 1.62. The zero-order valence-corrected chi connectivity index (χ0v) is 14.4. The highest BCUT2D eigenvalue weighted by Gasteiger charge is 2.45. The smallest absolute Gasteiger partial charge is 0.150 e. The Morgan fingerprint density at radius 3 is 2.57 bits per heavy atom. The summed E-state index contributed by atoms with van der Waals surface area (Å²) < 4.78 is 0. The number of rotatable bonds is 4. The predicted octanol–water partition coefficient (Wildman–Crippen LogP) is 2.21.